The molecule has 0 heterocycles. The van der Waals surface area contributed by atoms with Gasteiger partial charge in [0, 0.05) is 40.3 Å². The highest BCUT2D eigenvalue weighted by molar-refractivity contribution is 5.79. The molecule has 106 valence electrons. The highest BCUT2D eigenvalue weighted by atomic mass is 16.5. The molecule has 0 unspecified atom stereocenters. The van der Waals surface area contributed by atoms with Crippen molar-refractivity contribution >= 4 is 11.9 Å². The van der Waals surface area contributed by atoms with E-state index in [9.17, 15) is 4.79 Å². The fourth-order valence-corrected chi connectivity index (χ4v) is 1.35. The number of carbonyl (C=O) groups excluding carboxylic acids is 1. The summed E-state index contributed by atoms with van der Waals surface area (Å²) in [4.78, 5) is 15.0. The minimum Gasteiger partial charge on any atom is -0.469 e. The number of nitrogens with zero attached hydrogens (tertiary/aromatic N) is 1. The molecule has 0 aromatic rings. The highest BCUT2D eigenvalue weighted by Crippen LogP contribution is 1.95. The maximum absolute atomic E-state index is 10.9. The second-order valence-corrected chi connectivity index (χ2v) is 3.81. The van der Waals surface area contributed by atoms with Crippen molar-refractivity contribution in [2.45, 2.75) is 25.7 Å². The van der Waals surface area contributed by atoms with Gasteiger partial charge in [0.25, 0.3) is 0 Å². The van der Waals surface area contributed by atoms with Crippen LogP contribution >= 0.6 is 0 Å². The molecule has 2 N–H and O–H groups in total. The van der Waals surface area contributed by atoms with Gasteiger partial charge in [0.1, 0.15) is 0 Å². The van der Waals surface area contributed by atoms with Crippen molar-refractivity contribution in [2.75, 3.05) is 41.0 Å². The van der Waals surface area contributed by atoms with Crippen LogP contribution in [0.15, 0.2) is 4.99 Å². The summed E-state index contributed by atoms with van der Waals surface area (Å²) in [5.41, 5.74) is 0. The topological polar surface area (TPSA) is 72.0 Å². The van der Waals surface area contributed by atoms with Crippen LogP contribution < -0.4 is 10.6 Å². The Morgan fingerprint density at radius 2 is 1.78 bits per heavy atom. The number of methoxy groups -OCH3 is 2. The first kappa shape index (κ1) is 16.7. The van der Waals surface area contributed by atoms with Crippen LogP contribution in [0.25, 0.3) is 0 Å². The third kappa shape index (κ3) is 9.89. The third-order valence-corrected chi connectivity index (χ3v) is 2.37. The van der Waals surface area contributed by atoms with E-state index >= 15 is 0 Å². The predicted octanol–water partition coefficient (Wildman–Crippen LogP) is 0.531. The number of esters is 1. The van der Waals surface area contributed by atoms with Crippen LogP contribution in [0.2, 0.25) is 0 Å². The molecule has 0 aromatic heterocycles. The first-order valence-corrected chi connectivity index (χ1v) is 6.24. The fraction of sp³-hybridized carbons (Fsp3) is 0.833. The van der Waals surface area contributed by atoms with Gasteiger partial charge in [-0.15, -0.1) is 0 Å². The number of aliphatic imine (C=N–C) groups is 1. The average Bonchev–Trinajstić information content (AvgIpc) is 2.40. The summed E-state index contributed by atoms with van der Waals surface area (Å²) in [6.45, 7) is 2.36. The van der Waals surface area contributed by atoms with Crippen molar-refractivity contribution in [3.05, 3.63) is 0 Å². The molecule has 0 saturated heterocycles. The van der Waals surface area contributed by atoms with Gasteiger partial charge in [-0.1, -0.05) is 0 Å². The highest BCUT2D eigenvalue weighted by Gasteiger charge is 2.00. The Labute approximate surface area is 109 Å². The Bertz CT molecular complexity index is 245. The molecule has 6 nitrogen and oxygen atoms in total. The van der Waals surface area contributed by atoms with Gasteiger partial charge in [-0.3, -0.25) is 9.79 Å². The summed E-state index contributed by atoms with van der Waals surface area (Å²) in [7, 11) is 4.83. The van der Waals surface area contributed by atoms with E-state index in [1.165, 1.54) is 7.11 Å². The maximum atomic E-state index is 10.9. The smallest absolute Gasteiger partial charge is 0.305 e. The van der Waals surface area contributed by atoms with Gasteiger partial charge >= 0.3 is 5.97 Å². The lowest BCUT2D eigenvalue weighted by Gasteiger charge is -2.11. The summed E-state index contributed by atoms with van der Waals surface area (Å²) >= 11 is 0. The number of rotatable bonds is 9. The lowest BCUT2D eigenvalue weighted by molar-refractivity contribution is -0.140. The van der Waals surface area contributed by atoms with Gasteiger partial charge in [0.05, 0.1) is 7.11 Å². The number of carbonyl (C=O) groups is 1. The summed E-state index contributed by atoms with van der Waals surface area (Å²) in [5, 5.41) is 6.37. The zero-order chi connectivity index (χ0) is 13.6. The molecular weight excluding hydrogens is 234 g/mol. The molecule has 0 amide bonds. The molecule has 18 heavy (non-hydrogen) atoms. The van der Waals surface area contributed by atoms with Gasteiger partial charge in [-0.05, 0) is 19.3 Å². The standard InChI is InChI=1S/C12H25N3O3/c1-13-12(15-9-6-10-17-2)14-8-5-4-7-11(16)18-3/h4-10H2,1-3H3,(H2,13,14,15). The van der Waals surface area contributed by atoms with Crippen LogP contribution in [0.1, 0.15) is 25.7 Å². The van der Waals surface area contributed by atoms with Crippen molar-refractivity contribution < 1.29 is 14.3 Å². The summed E-state index contributed by atoms with van der Waals surface area (Å²) in [5.74, 6) is 0.626. The van der Waals surface area contributed by atoms with Crippen molar-refractivity contribution in [1.29, 1.82) is 0 Å². The second-order valence-electron chi connectivity index (χ2n) is 3.81. The number of ether oxygens (including phenoxy) is 2. The summed E-state index contributed by atoms with van der Waals surface area (Å²) in [6.07, 6.45) is 3.14. The van der Waals surface area contributed by atoms with Gasteiger partial charge in [-0.2, -0.15) is 0 Å². The molecular formula is C12H25N3O3. The molecule has 0 aromatic carbocycles. The van der Waals surface area contributed by atoms with Crippen molar-refractivity contribution in [3.8, 4) is 0 Å². The van der Waals surface area contributed by atoms with E-state index in [-0.39, 0.29) is 5.97 Å². The van der Waals surface area contributed by atoms with Gasteiger partial charge < -0.3 is 20.1 Å². The number of hydrogen-bond donors (Lipinski definition) is 2. The third-order valence-electron chi connectivity index (χ3n) is 2.37. The van der Waals surface area contributed by atoms with Crippen LogP contribution in [0, 0.1) is 0 Å². The molecule has 0 fully saturated rings. The van der Waals surface area contributed by atoms with Crippen LogP contribution in [0.4, 0.5) is 0 Å². The first-order chi connectivity index (χ1) is 8.74. The number of unbranched alkanes of at least 4 members (excludes halogenated alkanes) is 1. The van der Waals surface area contributed by atoms with Crippen LogP contribution in [0.5, 0.6) is 0 Å². The molecule has 0 atom stereocenters. The largest absolute Gasteiger partial charge is 0.469 e. The van der Waals surface area contributed by atoms with E-state index in [1.807, 2.05) is 0 Å². The Morgan fingerprint density at radius 3 is 2.33 bits per heavy atom. The lowest BCUT2D eigenvalue weighted by atomic mass is 10.2. The molecule has 6 heteroatoms. The summed E-state index contributed by atoms with van der Waals surface area (Å²) in [6, 6.07) is 0. The van der Waals surface area contributed by atoms with Gasteiger partial charge in [-0.25, -0.2) is 0 Å². The molecule has 0 spiro atoms. The minimum absolute atomic E-state index is 0.155. The zero-order valence-electron chi connectivity index (χ0n) is 11.6. The number of guanidine groups is 1. The Morgan fingerprint density at radius 1 is 1.11 bits per heavy atom. The monoisotopic (exact) mass is 259 g/mol. The first-order valence-electron chi connectivity index (χ1n) is 6.24. The average molecular weight is 259 g/mol. The molecule has 0 radical (unpaired) electrons. The Hall–Kier alpha value is -1.30. The van der Waals surface area contributed by atoms with E-state index in [2.05, 4.69) is 20.4 Å². The molecule has 0 aliphatic heterocycles. The normalized spacial score (nSPS) is 11.2. The van der Waals surface area contributed by atoms with E-state index in [0.29, 0.717) is 6.42 Å². The number of nitrogens with one attached hydrogen (secondary N) is 2. The maximum Gasteiger partial charge on any atom is 0.305 e. The van der Waals surface area contributed by atoms with Crippen LogP contribution in [0.3, 0.4) is 0 Å². The minimum atomic E-state index is -0.155. The SMILES string of the molecule is CN=C(NCCCCC(=O)OC)NCCCOC. The molecule has 0 aliphatic carbocycles. The zero-order valence-corrected chi connectivity index (χ0v) is 11.6. The summed E-state index contributed by atoms with van der Waals surface area (Å²) < 4.78 is 9.53. The van der Waals surface area contributed by atoms with E-state index in [1.54, 1.807) is 14.2 Å². The molecule has 0 aliphatic rings. The van der Waals surface area contributed by atoms with Crippen LogP contribution in [-0.2, 0) is 14.3 Å². The molecule has 0 saturated carbocycles. The van der Waals surface area contributed by atoms with E-state index in [0.717, 1.165) is 44.9 Å². The van der Waals surface area contributed by atoms with Gasteiger partial charge in [0.15, 0.2) is 5.96 Å². The van der Waals surface area contributed by atoms with Crippen molar-refractivity contribution in [3.63, 3.8) is 0 Å². The van der Waals surface area contributed by atoms with E-state index in [4.69, 9.17) is 4.74 Å². The van der Waals surface area contributed by atoms with E-state index < -0.39 is 0 Å². The van der Waals surface area contributed by atoms with Crippen molar-refractivity contribution in [2.24, 2.45) is 4.99 Å². The molecule has 0 rings (SSSR count). The quantitative estimate of drug-likeness (QED) is 0.273. The van der Waals surface area contributed by atoms with Gasteiger partial charge in [0.2, 0.25) is 0 Å². The second kappa shape index (κ2) is 12.2. The fourth-order valence-electron chi connectivity index (χ4n) is 1.35. The predicted molar refractivity (Wildman–Crippen MR) is 71.7 cm³/mol. The Balaban J connectivity index is 3.48. The number of hydrogen-bond acceptors (Lipinski definition) is 4. The lowest BCUT2D eigenvalue weighted by Crippen LogP contribution is -2.38. The molecule has 0 bridgehead atoms. The van der Waals surface area contributed by atoms with Crippen LogP contribution in [-0.4, -0.2) is 52.9 Å². The van der Waals surface area contributed by atoms with Crippen molar-refractivity contribution in [1.82, 2.24) is 10.6 Å². The Kier molecular flexibility index (Phi) is 11.3.